The summed E-state index contributed by atoms with van der Waals surface area (Å²) < 4.78 is 24.8. The van der Waals surface area contributed by atoms with Crippen molar-refractivity contribution in [3.63, 3.8) is 0 Å². The van der Waals surface area contributed by atoms with E-state index in [1.807, 2.05) is 24.3 Å². The lowest BCUT2D eigenvalue weighted by molar-refractivity contribution is 0.240. The summed E-state index contributed by atoms with van der Waals surface area (Å²) in [6.45, 7) is 1.99. The maximum Gasteiger partial charge on any atom is 0.315 e. The van der Waals surface area contributed by atoms with Crippen LogP contribution in [-0.2, 0) is 10.0 Å². The van der Waals surface area contributed by atoms with Crippen LogP contribution >= 0.6 is 11.6 Å². The molecule has 6 nitrogen and oxygen atoms in total. The van der Waals surface area contributed by atoms with Gasteiger partial charge in [-0.1, -0.05) is 29.8 Å². The second-order valence-electron chi connectivity index (χ2n) is 5.17. The number of urea groups is 1. The minimum absolute atomic E-state index is 0.0286. The van der Waals surface area contributed by atoms with E-state index in [1.165, 1.54) is 0 Å². The monoisotopic (exact) mass is 345 g/mol. The third kappa shape index (κ3) is 4.86. The Labute approximate surface area is 135 Å². The molecule has 0 spiro atoms. The number of sulfonamides is 1. The fourth-order valence-electron chi connectivity index (χ4n) is 2.18. The predicted molar refractivity (Wildman–Crippen MR) is 86.6 cm³/mol. The van der Waals surface area contributed by atoms with Gasteiger partial charge in [0.05, 0.1) is 5.75 Å². The zero-order valence-corrected chi connectivity index (χ0v) is 13.9. The Morgan fingerprint density at radius 1 is 1.32 bits per heavy atom. The van der Waals surface area contributed by atoms with Crippen LogP contribution in [0.4, 0.5) is 4.79 Å². The summed E-state index contributed by atoms with van der Waals surface area (Å²) in [6, 6.07) is 7.39. The van der Waals surface area contributed by atoms with E-state index < -0.39 is 10.0 Å². The Morgan fingerprint density at radius 2 is 2.05 bits per heavy atom. The number of rotatable bonds is 7. The summed E-state index contributed by atoms with van der Waals surface area (Å²) in [4.78, 5) is 11.7. The van der Waals surface area contributed by atoms with E-state index in [0.29, 0.717) is 5.02 Å². The Balaban J connectivity index is 1.68. The van der Waals surface area contributed by atoms with E-state index in [4.69, 9.17) is 11.6 Å². The van der Waals surface area contributed by atoms with Crippen LogP contribution in [0.15, 0.2) is 24.3 Å². The summed E-state index contributed by atoms with van der Waals surface area (Å²) in [5.74, 6) is 0.277. The van der Waals surface area contributed by atoms with Gasteiger partial charge < -0.3 is 10.6 Å². The third-order valence-corrected chi connectivity index (χ3v) is 5.27. The second-order valence-corrected chi connectivity index (χ2v) is 7.67. The fourth-order valence-corrected chi connectivity index (χ4v) is 3.07. The standard InChI is InChI=1S/C14H20ClN3O3S/c1-2-22(20,21)17-8-7-16-14(19)18-13-9-11(13)10-5-3-4-6-12(10)15/h3-6,11,13,17H,2,7-9H2,1H3,(H2,16,18,19)/t11-,13-/m1/s1. The van der Waals surface area contributed by atoms with Gasteiger partial charge in [0.25, 0.3) is 0 Å². The maximum atomic E-state index is 11.7. The summed E-state index contributed by atoms with van der Waals surface area (Å²) in [7, 11) is -3.21. The normalized spacial score (nSPS) is 20.5. The van der Waals surface area contributed by atoms with Crippen LogP contribution in [0.3, 0.4) is 0 Å². The van der Waals surface area contributed by atoms with Gasteiger partial charge in [-0.05, 0) is 25.0 Å². The number of halogens is 1. The Bertz CT molecular complexity index is 636. The van der Waals surface area contributed by atoms with Gasteiger partial charge in [-0.25, -0.2) is 17.9 Å². The molecule has 2 atom stereocenters. The highest BCUT2D eigenvalue weighted by molar-refractivity contribution is 7.89. The van der Waals surface area contributed by atoms with Gasteiger partial charge in [-0.3, -0.25) is 0 Å². The average molecular weight is 346 g/mol. The van der Waals surface area contributed by atoms with E-state index in [0.717, 1.165) is 12.0 Å². The number of carbonyl (C=O) groups is 1. The lowest BCUT2D eigenvalue weighted by atomic mass is 10.1. The zero-order valence-electron chi connectivity index (χ0n) is 12.3. The highest BCUT2D eigenvalue weighted by Crippen LogP contribution is 2.43. The molecule has 3 N–H and O–H groups in total. The maximum absolute atomic E-state index is 11.7. The van der Waals surface area contributed by atoms with E-state index in [1.54, 1.807) is 6.92 Å². The summed E-state index contributed by atoms with van der Waals surface area (Å²) in [6.07, 6.45) is 0.861. The van der Waals surface area contributed by atoms with Crippen molar-refractivity contribution in [1.29, 1.82) is 0 Å². The molecule has 1 aromatic rings. The van der Waals surface area contributed by atoms with E-state index in [-0.39, 0.29) is 36.8 Å². The fraction of sp³-hybridized carbons (Fsp3) is 0.500. The number of hydrogen-bond acceptors (Lipinski definition) is 3. The van der Waals surface area contributed by atoms with E-state index >= 15 is 0 Å². The molecule has 0 bridgehead atoms. The van der Waals surface area contributed by atoms with Crippen LogP contribution < -0.4 is 15.4 Å². The van der Waals surface area contributed by atoms with Gasteiger partial charge in [0, 0.05) is 30.1 Å². The zero-order chi connectivity index (χ0) is 16.2. The van der Waals surface area contributed by atoms with Crippen molar-refractivity contribution in [2.45, 2.75) is 25.3 Å². The number of hydrogen-bond donors (Lipinski definition) is 3. The molecule has 0 aromatic heterocycles. The quantitative estimate of drug-likeness (QED) is 0.653. The largest absolute Gasteiger partial charge is 0.337 e. The molecule has 2 amide bonds. The molecular weight excluding hydrogens is 326 g/mol. The van der Waals surface area contributed by atoms with E-state index in [9.17, 15) is 13.2 Å². The lowest BCUT2D eigenvalue weighted by Crippen LogP contribution is -2.41. The first-order valence-corrected chi connectivity index (χ1v) is 9.22. The van der Waals surface area contributed by atoms with E-state index in [2.05, 4.69) is 15.4 Å². The number of amides is 2. The van der Waals surface area contributed by atoms with Crippen molar-refractivity contribution in [3.8, 4) is 0 Å². The SMILES string of the molecule is CCS(=O)(=O)NCCNC(=O)N[C@@H]1C[C@@H]1c1ccccc1Cl. The lowest BCUT2D eigenvalue weighted by Gasteiger charge is -2.09. The first-order valence-electron chi connectivity index (χ1n) is 7.19. The summed E-state index contributed by atoms with van der Waals surface area (Å²) >= 11 is 6.13. The topological polar surface area (TPSA) is 87.3 Å². The summed E-state index contributed by atoms with van der Waals surface area (Å²) in [5, 5.41) is 6.20. The van der Waals surface area contributed by atoms with Crippen LogP contribution in [0.25, 0.3) is 0 Å². The number of carbonyl (C=O) groups excluding carboxylic acids is 1. The molecule has 1 saturated carbocycles. The molecule has 0 unspecified atom stereocenters. The molecule has 2 rings (SSSR count). The van der Waals surface area contributed by atoms with Gasteiger partial charge in [0.1, 0.15) is 0 Å². The van der Waals surface area contributed by atoms with Crippen LogP contribution in [0.5, 0.6) is 0 Å². The van der Waals surface area contributed by atoms with Crippen LogP contribution in [-0.4, -0.2) is 39.3 Å². The van der Waals surface area contributed by atoms with Crippen molar-refractivity contribution < 1.29 is 13.2 Å². The molecule has 0 radical (unpaired) electrons. The van der Waals surface area contributed by atoms with Gasteiger partial charge in [0.2, 0.25) is 10.0 Å². The van der Waals surface area contributed by atoms with Gasteiger partial charge in [-0.2, -0.15) is 0 Å². The molecule has 1 aliphatic carbocycles. The van der Waals surface area contributed by atoms with Crippen molar-refractivity contribution in [1.82, 2.24) is 15.4 Å². The van der Waals surface area contributed by atoms with Crippen molar-refractivity contribution in [2.24, 2.45) is 0 Å². The molecule has 22 heavy (non-hydrogen) atoms. The van der Waals surface area contributed by atoms with Gasteiger partial charge >= 0.3 is 6.03 Å². The summed E-state index contributed by atoms with van der Waals surface area (Å²) in [5.41, 5.74) is 1.05. The van der Waals surface area contributed by atoms with Crippen LogP contribution in [0.2, 0.25) is 5.02 Å². The van der Waals surface area contributed by atoms with Crippen molar-refractivity contribution in [3.05, 3.63) is 34.9 Å². The second kappa shape index (κ2) is 7.30. The third-order valence-electron chi connectivity index (χ3n) is 3.52. The minimum Gasteiger partial charge on any atom is -0.337 e. The Hall–Kier alpha value is -1.31. The predicted octanol–water partition coefficient (Wildman–Crippen LogP) is 1.43. The average Bonchev–Trinajstić information content (AvgIpc) is 3.23. The Morgan fingerprint density at radius 3 is 2.73 bits per heavy atom. The highest BCUT2D eigenvalue weighted by Gasteiger charge is 2.40. The first-order chi connectivity index (χ1) is 10.4. The minimum atomic E-state index is -3.21. The smallest absolute Gasteiger partial charge is 0.315 e. The highest BCUT2D eigenvalue weighted by atomic mass is 35.5. The molecule has 0 aliphatic heterocycles. The molecule has 8 heteroatoms. The molecule has 1 aromatic carbocycles. The molecule has 1 fully saturated rings. The van der Waals surface area contributed by atoms with Crippen LogP contribution in [0.1, 0.15) is 24.8 Å². The molecule has 1 aliphatic rings. The number of benzene rings is 1. The number of nitrogens with one attached hydrogen (secondary N) is 3. The van der Waals surface area contributed by atoms with Crippen LogP contribution in [0, 0.1) is 0 Å². The van der Waals surface area contributed by atoms with Gasteiger partial charge in [0.15, 0.2) is 0 Å². The van der Waals surface area contributed by atoms with Gasteiger partial charge in [-0.15, -0.1) is 0 Å². The molecule has 0 saturated heterocycles. The molecule has 122 valence electrons. The first kappa shape index (κ1) is 17.1. The Kier molecular flexibility index (Phi) is 5.66. The van der Waals surface area contributed by atoms with Crippen molar-refractivity contribution in [2.75, 3.05) is 18.8 Å². The molecular formula is C14H20ClN3O3S. The molecule has 0 heterocycles. The van der Waals surface area contributed by atoms with Crippen molar-refractivity contribution >= 4 is 27.7 Å².